The molecule has 0 bridgehead atoms. The monoisotopic (exact) mass is 219 g/mol. The van der Waals surface area contributed by atoms with Crippen molar-refractivity contribution >= 4 is 12.0 Å². The van der Waals surface area contributed by atoms with Gasteiger partial charge in [-0.05, 0) is 30.7 Å². The van der Waals surface area contributed by atoms with Crippen LogP contribution in [-0.2, 0) is 9.53 Å². The fraction of sp³-hybridized carbons (Fsp3) is 0.308. The number of nitrogens with zero attached hydrogens (tertiary/aromatic N) is 1. The van der Waals surface area contributed by atoms with Gasteiger partial charge in [0.25, 0.3) is 0 Å². The molecule has 1 aromatic carbocycles. The molecule has 0 radical (unpaired) electrons. The number of rotatable bonds is 5. The molecule has 16 heavy (non-hydrogen) atoms. The fourth-order valence-corrected chi connectivity index (χ4v) is 1.41. The Morgan fingerprint density at radius 3 is 2.50 bits per heavy atom. The maximum atomic E-state index is 10.6. The van der Waals surface area contributed by atoms with Crippen LogP contribution in [0, 0.1) is 0 Å². The van der Waals surface area contributed by atoms with Gasteiger partial charge in [0.2, 0.25) is 0 Å². The second-order valence-corrected chi connectivity index (χ2v) is 3.60. The lowest BCUT2D eigenvalue weighted by molar-refractivity contribution is -0.104. The third kappa shape index (κ3) is 3.21. The first-order chi connectivity index (χ1) is 7.69. The summed E-state index contributed by atoms with van der Waals surface area (Å²) in [7, 11) is 3.55. The van der Waals surface area contributed by atoms with Gasteiger partial charge in [-0.2, -0.15) is 0 Å². The molecule has 0 amide bonds. The summed E-state index contributed by atoms with van der Waals surface area (Å²) in [5.74, 6) is 0. The van der Waals surface area contributed by atoms with Crippen molar-refractivity contribution in [1.82, 2.24) is 0 Å². The van der Waals surface area contributed by atoms with Gasteiger partial charge in [0, 0.05) is 19.8 Å². The number of likely N-dealkylation sites (N-methyl/N-ethyl adjacent to an activating group) is 1. The van der Waals surface area contributed by atoms with Gasteiger partial charge >= 0.3 is 0 Å². The molecule has 0 spiro atoms. The highest BCUT2D eigenvalue weighted by Crippen LogP contribution is 2.15. The van der Waals surface area contributed by atoms with Gasteiger partial charge in [-0.15, -0.1) is 0 Å². The summed E-state index contributed by atoms with van der Waals surface area (Å²) < 4.78 is 5.33. The van der Waals surface area contributed by atoms with E-state index in [4.69, 9.17) is 4.74 Å². The van der Waals surface area contributed by atoms with Crippen molar-refractivity contribution in [3.05, 3.63) is 42.0 Å². The standard InChI is InChI=1S/C13H17NO2/c1-11(10-15)9-13(16-3)14(2)12-7-5-4-6-8-12/h4-10,13H,1-3H3/b11-9-. The average molecular weight is 219 g/mol. The number of allylic oxidation sites excluding steroid dienone is 1. The van der Waals surface area contributed by atoms with Gasteiger partial charge in [-0.25, -0.2) is 0 Å². The van der Waals surface area contributed by atoms with E-state index in [2.05, 4.69) is 0 Å². The number of anilines is 1. The number of benzene rings is 1. The second kappa shape index (κ2) is 6.08. The van der Waals surface area contributed by atoms with Crippen molar-refractivity contribution in [3.8, 4) is 0 Å². The quantitative estimate of drug-likeness (QED) is 0.432. The molecule has 0 aliphatic rings. The van der Waals surface area contributed by atoms with E-state index in [0.29, 0.717) is 5.57 Å². The van der Waals surface area contributed by atoms with Crippen molar-refractivity contribution in [1.29, 1.82) is 0 Å². The molecule has 1 unspecified atom stereocenters. The summed E-state index contributed by atoms with van der Waals surface area (Å²) in [6.07, 6.45) is 2.39. The largest absolute Gasteiger partial charge is 0.358 e. The maximum Gasteiger partial charge on any atom is 0.149 e. The predicted molar refractivity (Wildman–Crippen MR) is 65.5 cm³/mol. The Bertz CT molecular complexity index is 359. The Hall–Kier alpha value is -1.61. The van der Waals surface area contributed by atoms with Gasteiger partial charge in [-0.1, -0.05) is 18.2 Å². The second-order valence-electron chi connectivity index (χ2n) is 3.60. The molecule has 0 saturated carbocycles. The lowest BCUT2D eigenvalue weighted by atomic mass is 10.2. The SMILES string of the molecule is COC(/C=C(/C)C=O)N(C)c1ccccc1. The Balaban J connectivity index is 2.85. The summed E-state index contributed by atoms with van der Waals surface area (Å²) in [6.45, 7) is 1.76. The number of ether oxygens (including phenoxy) is 1. The minimum Gasteiger partial charge on any atom is -0.358 e. The number of para-hydroxylation sites is 1. The van der Waals surface area contributed by atoms with E-state index in [0.717, 1.165) is 12.0 Å². The Kier molecular flexibility index (Phi) is 4.73. The van der Waals surface area contributed by atoms with Crippen LogP contribution in [0.2, 0.25) is 0 Å². The van der Waals surface area contributed by atoms with Crippen LogP contribution in [0.3, 0.4) is 0 Å². The minimum absolute atomic E-state index is 0.229. The van der Waals surface area contributed by atoms with E-state index >= 15 is 0 Å². The number of methoxy groups -OCH3 is 1. The zero-order valence-corrected chi connectivity index (χ0v) is 9.88. The third-order valence-electron chi connectivity index (χ3n) is 2.38. The molecule has 3 heteroatoms. The highest BCUT2D eigenvalue weighted by atomic mass is 16.5. The highest BCUT2D eigenvalue weighted by molar-refractivity contribution is 5.72. The van der Waals surface area contributed by atoms with E-state index in [-0.39, 0.29) is 6.23 Å². The molecule has 0 aromatic heterocycles. The van der Waals surface area contributed by atoms with E-state index in [1.807, 2.05) is 42.3 Å². The first-order valence-electron chi connectivity index (χ1n) is 5.13. The van der Waals surface area contributed by atoms with Gasteiger partial charge in [0.05, 0.1) is 0 Å². The molecule has 0 heterocycles. The van der Waals surface area contributed by atoms with Crippen LogP contribution in [0.25, 0.3) is 0 Å². The van der Waals surface area contributed by atoms with Crippen LogP contribution < -0.4 is 4.90 Å². The van der Waals surface area contributed by atoms with Gasteiger partial charge in [-0.3, -0.25) is 4.79 Å². The number of carbonyl (C=O) groups excluding carboxylic acids is 1. The number of hydrogen-bond acceptors (Lipinski definition) is 3. The van der Waals surface area contributed by atoms with E-state index in [1.165, 1.54) is 0 Å². The van der Waals surface area contributed by atoms with Crippen molar-refractivity contribution in [2.75, 3.05) is 19.1 Å². The topological polar surface area (TPSA) is 29.5 Å². The molecule has 86 valence electrons. The smallest absolute Gasteiger partial charge is 0.149 e. The van der Waals surface area contributed by atoms with Crippen LogP contribution in [-0.4, -0.2) is 26.7 Å². The van der Waals surface area contributed by atoms with Crippen molar-refractivity contribution in [3.63, 3.8) is 0 Å². The molecular weight excluding hydrogens is 202 g/mol. The van der Waals surface area contributed by atoms with E-state index in [1.54, 1.807) is 20.1 Å². The average Bonchev–Trinajstić information content (AvgIpc) is 2.35. The molecule has 1 rings (SSSR count). The summed E-state index contributed by atoms with van der Waals surface area (Å²) in [4.78, 5) is 12.5. The Morgan fingerprint density at radius 1 is 1.38 bits per heavy atom. The first-order valence-corrected chi connectivity index (χ1v) is 5.13. The molecule has 3 nitrogen and oxygen atoms in total. The van der Waals surface area contributed by atoms with E-state index in [9.17, 15) is 4.79 Å². The Morgan fingerprint density at radius 2 is 2.00 bits per heavy atom. The molecule has 0 saturated heterocycles. The zero-order valence-electron chi connectivity index (χ0n) is 9.88. The maximum absolute atomic E-state index is 10.6. The molecule has 0 aliphatic carbocycles. The van der Waals surface area contributed by atoms with Crippen LogP contribution in [0.4, 0.5) is 5.69 Å². The predicted octanol–water partition coefficient (Wildman–Crippen LogP) is 2.24. The van der Waals surface area contributed by atoms with Gasteiger partial charge in [0.1, 0.15) is 12.5 Å². The molecule has 1 aromatic rings. The van der Waals surface area contributed by atoms with Gasteiger partial charge < -0.3 is 9.64 Å². The van der Waals surface area contributed by atoms with Crippen molar-refractivity contribution in [2.24, 2.45) is 0 Å². The molecular formula is C13H17NO2. The van der Waals surface area contributed by atoms with E-state index < -0.39 is 0 Å². The highest BCUT2D eigenvalue weighted by Gasteiger charge is 2.11. The lowest BCUT2D eigenvalue weighted by Gasteiger charge is -2.26. The number of aldehydes is 1. The normalized spacial score (nSPS) is 13.3. The molecule has 0 N–H and O–H groups in total. The molecule has 0 aliphatic heterocycles. The van der Waals surface area contributed by atoms with Gasteiger partial charge in [0.15, 0.2) is 0 Å². The van der Waals surface area contributed by atoms with Crippen molar-refractivity contribution < 1.29 is 9.53 Å². The summed E-state index contributed by atoms with van der Waals surface area (Å²) in [6, 6.07) is 9.89. The van der Waals surface area contributed by atoms with Crippen LogP contribution in [0.5, 0.6) is 0 Å². The fourth-order valence-electron chi connectivity index (χ4n) is 1.41. The van der Waals surface area contributed by atoms with Crippen LogP contribution in [0.15, 0.2) is 42.0 Å². The summed E-state index contributed by atoms with van der Waals surface area (Å²) >= 11 is 0. The molecule has 0 fully saturated rings. The Labute approximate surface area is 96.3 Å². The molecule has 1 atom stereocenters. The third-order valence-corrected chi connectivity index (χ3v) is 2.38. The minimum atomic E-state index is -0.229. The summed E-state index contributed by atoms with van der Waals surface area (Å²) in [5.41, 5.74) is 1.71. The number of carbonyl (C=O) groups is 1. The summed E-state index contributed by atoms with van der Waals surface area (Å²) in [5, 5.41) is 0. The van der Waals surface area contributed by atoms with Crippen LogP contribution >= 0.6 is 0 Å². The number of hydrogen-bond donors (Lipinski definition) is 0. The van der Waals surface area contributed by atoms with Crippen molar-refractivity contribution in [2.45, 2.75) is 13.2 Å². The zero-order chi connectivity index (χ0) is 12.0. The first kappa shape index (κ1) is 12.5. The lowest BCUT2D eigenvalue weighted by Crippen LogP contribution is -2.31. The van der Waals surface area contributed by atoms with Crippen LogP contribution in [0.1, 0.15) is 6.92 Å².